The first kappa shape index (κ1) is 31.0. The Morgan fingerprint density at radius 3 is 2.43 bits per heavy atom. The summed E-state index contributed by atoms with van der Waals surface area (Å²) in [6, 6.07) is 17.5. The van der Waals surface area contributed by atoms with E-state index in [0.717, 1.165) is 0 Å². The fourth-order valence-electron chi connectivity index (χ4n) is 6.67. The van der Waals surface area contributed by atoms with Gasteiger partial charge in [-0.05, 0) is 36.8 Å². The van der Waals surface area contributed by atoms with Crippen LogP contribution in [0.4, 0.5) is 15.6 Å². The minimum absolute atomic E-state index is 0.0709. The van der Waals surface area contributed by atoms with Gasteiger partial charge in [-0.2, -0.15) is 18.5 Å². The molecule has 6 rings (SSSR count). The minimum atomic E-state index is -4.98. The predicted octanol–water partition coefficient (Wildman–Crippen LogP) is 4.99. The van der Waals surface area contributed by atoms with Crippen molar-refractivity contribution in [3.05, 3.63) is 95.5 Å². The largest absolute Gasteiger partial charge is 0.530 e. The second-order valence-electron chi connectivity index (χ2n) is 10.7. The average Bonchev–Trinajstić information content (AvgIpc) is 3.71. The third-order valence-electron chi connectivity index (χ3n) is 8.49. The van der Waals surface area contributed by atoms with Gasteiger partial charge < -0.3 is 24.8 Å². The van der Waals surface area contributed by atoms with Crippen molar-refractivity contribution in [2.24, 2.45) is 0 Å². The number of hydrogen-bond acceptors (Lipinski definition) is 10. The van der Waals surface area contributed by atoms with Crippen LogP contribution in [-0.4, -0.2) is 66.7 Å². The van der Waals surface area contributed by atoms with E-state index in [1.54, 1.807) is 78.0 Å². The van der Waals surface area contributed by atoms with Gasteiger partial charge in [-0.25, -0.2) is 4.98 Å². The van der Waals surface area contributed by atoms with Gasteiger partial charge in [-0.15, -0.1) is 15.2 Å². The van der Waals surface area contributed by atoms with Crippen molar-refractivity contribution >= 4 is 44.2 Å². The summed E-state index contributed by atoms with van der Waals surface area (Å²) in [6.45, 7) is 1.31. The third kappa shape index (κ3) is 4.66. The Morgan fingerprint density at radius 2 is 1.78 bits per heavy atom. The minimum Gasteiger partial charge on any atom is -0.495 e. The molecule has 2 N–H and O–H groups in total. The van der Waals surface area contributed by atoms with E-state index in [1.165, 1.54) is 36.6 Å². The summed E-state index contributed by atoms with van der Waals surface area (Å²) < 4.78 is 40.1. The topological polar surface area (TPSA) is 159 Å². The number of carbonyl (C=O) groups excluding carboxylic acids is 1. The molecule has 2 aliphatic rings. The van der Waals surface area contributed by atoms with Gasteiger partial charge in [0, 0.05) is 22.8 Å². The molecule has 2 amide bonds. The van der Waals surface area contributed by atoms with Gasteiger partial charge >= 0.3 is 16.1 Å². The summed E-state index contributed by atoms with van der Waals surface area (Å²) >= 11 is 1.21. The highest BCUT2D eigenvalue weighted by atomic mass is 32.2. The van der Waals surface area contributed by atoms with E-state index >= 15 is 8.42 Å². The number of hydrogen-bond donors (Lipinski definition) is 2. The van der Waals surface area contributed by atoms with E-state index in [2.05, 4.69) is 16.4 Å². The first-order chi connectivity index (χ1) is 22.2. The monoisotopic (exact) mass is 660 g/mol. The maximum atomic E-state index is 15.2. The zero-order valence-corrected chi connectivity index (χ0v) is 26.4. The number of methoxy groups -OCH3 is 1. The molecular weight excluding hydrogens is 631 g/mol. The van der Waals surface area contributed by atoms with Gasteiger partial charge in [-0.3, -0.25) is 4.79 Å². The highest BCUT2D eigenvalue weighted by Crippen LogP contribution is 2.54. The van der Waals surface area contributed by atoms with Gasteiger partial charge in [0.25, 0.3) is 0 Å². The van der Waals surface area contributed by atoms with Crippen LogP contribution in [0.25, 0.3) is 0 Å². The average molecular weight is 661 g/mol. The van der Waals surface area contributed by atoms with Crippen molar-refractivity contribution in [3.8, 4) is 17.6 Å². The van der Waals surface area contributed by atoms with E-state index in [1.807, 2.05) is 0 Å². The Morgan fingerprint density at radius 1 is 1.11 bits per heavy atom. The van der Waals surface area contributed by atoms with Gasteiger partial charge in [0.05, 0.1) is 19.8 Å². The fraction of sp³-hybridized carbons (Fsp3) is 0.250. The zero-order valence-electron chi connectivity index (χ0n) is 24.8. The molecule has 14 heteroatoms. The summed E-state index contributed by atoms with van der Waals surface area (Å²) in [5.74, 6) is -1.58. The number of carbonyl (C=O) groups is 2. The molecule has 5 atom stereocenters. The number of benzene rings is 3. The number of ether oxygens (including phenoxy) is 2. The molecule has 0 bridgehead atoms. The van der Waals surface area contributed by atoms with Crippen LogP contribution >= 0.6 is 11.3 Å². The van der Waals surface area contributed by atoms with E-state index in [0.29, 0.717) is 27.7 Å². The highest BCUT2D eigenvalue weighted by Gasteiger charge is 2.70. The molecule has 4 aromatic rings. The van der Waals surface area contributed by atoms with Crippen molar-refractivity contribution in [1.29, 1.82) is 5.26 Å². The van der Waals surface area contributed by atoms with Crippen LogP contribution in [0.1, 0.15) is 30.0 Å². The Hall–Kier alpha value is -4.97. The Balaban J connectivity index is 1.77. The van der Waals surface area contributed by atoms with Crippen molar-refractivity contribution in [2.45, 2.75) is 35.9 Å². The second-order valence-corrected chi connectivity index (χ2v) is 13.6. The Labute approximate surface area is 269 Å². The molecule has 1 saturated heterocycles. The summed E-state index contributed by atoms with van der Waals surface area (Å²) in [6.07, 6.45) is -0.197. The second kappa shape index (κ2) is 12.1. The standard InChI is InChI=1S/C32H29N5O7S2/c1-3-44-24-13-7-5-11-22(24)28-29(27-21-10-4-6-12-23(21)35-30(27)38)37(32(39)40,19-20(18-33)36(28)31-34-16-17-45-31)46(41,42)26-15-9-8-14-25(26)43-2/h4-17,20,27-29H,3,19H2,1-2H3,(H-,35,38,39,40)/p+1. The quantitative estimate of drug-likeness (QED) is 0.247. The first-order valence-corrected chi connectivity index (χ1v) is 16.7. The van der Waals surface area contributed by atoms with Crippen molar-refractivity contribution in [1.82, 2.24) is 4.98 Å². The smallest absolute Gasteiger partial charge is 0.495 e. The van der Waals surface area contributed by atoms with Gasteiger partial charge in [0.1, 0.15) is 30.0 Å². The molecule has 3 aromatic carbocycles. The molecule has 3 heterocycles. The number of aromatic nitrogens is 1. The number of carboxylic acid groups (broad SMARTS) is 1. The molecular formula is C32H30N5O7S2+. The molecule has 0 aliphatic carbocycles. The number of fused-ring (bicyclic) bond motifs is 1. The number of piperazine rings is 1. The predicted molar refractivity (Wildman–Crippen MR) is 169 cm³/mol. The Kier molecular flexibility index (Phi) is 8.15. The van der Waals surface area contributed by atoms with E-state index in [9.17, 15) is 20.0 Å². The number of anilines is 2. The van der Waals surface area contributed by atoms with Crippen molar-refractivity contribution in [3.63, 3.8) is 0 Å². The molecule has 0 saturated carbocycles. The lowest BCUT2D eigenvalue weighted by molar-refractivity contribution is -0.770. The molecule has 236 valence electrons. The summed E-state index contributed by atoms with van der Waals surface area (Å²) in [5, 5.41) is 26.9. The first-order valence-electron chi connectivity index (χ1n) is 14.4. The van der Waals surface area contributed by atoms with Crippen LogP contribution in [-0.2, 0) is 14.8 Å². The number of nitrogens with one attached hydrogen (secondary N) is 1. The molecule has 5 unspecified atom stereocenters. The SMILES string of the molecule is CCOc1ccccc1C1C(C2C(=O)Nc3ccccc32)[N+](C(=O)O)(S(=O)(=O)c2ccccc2OC)CC(C#N)N1c1nccs1. The van der Waals surface area contributed by atoms with Crippen LogP contribution in [0.15, 0.2) is 89.3 Å². The van der Waals surface area contributed by atoms with Crippen molar-refractivity contribution < 1.29 is 36.5 Å². The van der Waals surface area contributed by atoms with Crippen LogP contribution in [0.2, 0.25) is 0 Å². The molecule has 0 radical (unpaired) electrons. The molecule has 0 spiro atoms. The van der Waals surface area contributed by atoms with Crippen LogP contribution in [0, 0.1) is 11.3 Å². The molecule has 12 nitrogen and oxygen atoms in total. The van der Waals surface area contributed by atoms with Gasteiger partial charge in [0.15, 0.2) is 22.1 Å². The van der Waals surface area contributed by atoms with Crippen LogP contribution in [0.5, 0.6) is 11.5 Å². The number of nitriles is 1. The fourth-order valence-corrected chi connectivity index (χ4v) is 9.50. The van der Waals surface area contributed by atoms with Gasteiger partial charge in [-0.1, -0.05) is 48.5 Å². The molecule has 2 aliphatic heterocycles. The number of thiazole rings is 1. The van der Waals surface area contributed by atoms with Crippen molar-refractivity contribution in [2.75, 3.05) is 30.5 Å². The molecule has 46 heavy (non-hydrogen) atoms. The number of para-hydroxylation sites is 3. The highest BCUT2D eigenvalue weighted by molar-refractivity contribution is 7.86. The molecule has 1 aromatic heterocycles. The lowest BCUT2D eigenvalue weighted by atomic mass is 9.80. The number of nitrogens with zero attached hydrogens (tertiary/aromatic N) is 4. The summed E-state index contributed by atoms with van der Waals surface area (Å²) in [7, 11) is -3.69. The van der Waals surface area contributed by atoms with Crippen LogP contribution in [0.3, 0.4) is 0 Å². The maximum absolute atomic E-state index is 15.2. The number of quaternary nitrogens is 1. The van der Waals surface area contributed by atoms with E-state index in [4.69, 9.17) is 9.47 Å². The zero-order chi connectivity index (χ0) is 32.6. The third-order valence-corrected chi connectivity index (χ3v) is 11.6. The van der Waals surface area contributed by atoms with E-state index < -0.39 is 56.5 Å². The van der Waals surface area contributed by atoms with Crippen LogP contribution < -0.4 is 19.7 Å². The summed E-state index contributed by atoms with van der Waals surface area (Å²) in [4.78, 5) is 33.8. The number of sulfonamides is 1. The van der Waals surface area contributed by atoms with Gasteiger partial charge in [0.2, 0.25) is 5.91 Å². The lowest BCUT2D eigenvalue weighted by Gasteiger charge is -2.52. The lowest BCUT2D eigenvalue weighted by Crippen LogP contribution is -2.75. The van der Waals surface area contributed by atoms with E-state index in [-0.39, 0.29) is 17.3 Å². The Bertz CT molecular complexity index is 1950. The summed E-state index contributed by atoms with van der Waals surface area (Å²) in [5.41, 5.74) is 1.28. The molecule has 1 fully saturated rings. The number of rotatable bonds is 8. The maximum Gasteiger partial charge on any atom is 0.530 e. The normalized spacial score (nSPS) is 24.0. The number of amides is 2.